The quantitative estimate of drug-likeness (QED) is 0.800. The zero-order valence-electron chi connectivity index (χ0n) is 10.8. The highest BCUT2D eigenvalue weighted by Gasteiger charge is 2.11. The number of rotatable bonds is 5. The molecule has 5 nitrogen and oxygen atoms in total. The van der Waals surface area contributed by atoms with Gasteiger partial charge in [-0.05, 0) is 14.0 Å². The molecule has 1 aliphatic rings. The summed E-state index contributed by atoms with van der Waals surface area (Å²) in [5.41, 5.74) is 0.954. The lowest BCUT2D eigenvalue weighted by molar-refractivity contribution is 0.193. The second-order valence-electron chi connectivity index (χ2n) is 4.76. The van der Waals surface area contributed by atoms with Crippen molar-refractivity contribution in [3.8, 4) is 0 Å². The molecule has 1 saturated heterocycles. The van der Waals surface area contributed by atoms with E-state index in [4.69, 9.17) is 4.52 Å². The molecule has 1 N–H and O–H groups in total. The van der Waals surface area contributed by atoms with Crippen LogP contribution in [0.4, 0.5) is 0 Å². The second kappa shape index (κ2) is 6.14. The smallest absolute Gasteiger partial charge is 0.150 e. The molecule has 1 aromatic rings. The van der Waals surface area contributed by atoms with Crippen LogP contribution in [0.3, 0.4) is 0 Å². The minimum absolute atomic E-state index is 0.840. The Morgan fingerprint density at radius 3 is 2.88 bits per heavy atom. The first-order valence-corrected chi connectivity index (χ1v) is 6.28. The number of piperazine rings is 1. The van der Waals surface area contributed by atoms with Gasteiger partial charge in [0.05, 0.1) is 12.2 Å². The van der Waals surface area contributed by atoms with E-state index < -0.39 is 0 Å². The fraction of sp³-hybridized carbons (Fsp3) is 0.750. The van der Waals surface area contributed by atoms with Crippen molar-refractivity contribution >= 4 is 0 Å². The summed E-state index contributed by atoms with van der Waals surface area (Å²) >= 11 is 0. The Balaban J connectivity index is 1.68. The highest BCUT2D eigenvalue weighted by atomic mass is 16.5. The van der Waals surface area contributed by atoms with Crippen molar-refractivity contribution in [3.05, 3.63) is 17.5 Å². The molecule has 1 aliphatic heterocycles. The van der Waals surface area contributed by atoms with E-state index in [0.29, 0.717) is 0 Å². The van der Waals surface area contributed by atoms with Gasteiger partial charge in [0.2, 0.25) is 0 Å². The third-order valence-corrected chi connectivity index (χ3v) is 3.11. The van der Waals surface area contributed by atoms with Crippen LogP contribution in [-0.4, -0.2) is 61.3 Å². The fourth-order valence-electron chi connectivity index (χ4n) is 2.08. The maximum absolute atomic E-state index is 5.21. The molecular weight excluding hydrogens is 216 g/mol. The van der Waals surface area contributed by atoms with E-state index >= 15 is 0 Å². The van der Waals surface area contributed by atoms with Crippen molar-refractivity contribution in [2.75, 3.05) is 46.3 Å². The first-order chi connectivity index (χ1) is 8.24. The Hall–Kier alpha value is -0.910. The molecule has 0 atom stereocenters. The van der Waals surface area contributed by atoms with Gasteiger partial charge in [-0.15, -0.1) is 0 Å². The van der Waals surface area contributed by atoms with Crippen molar-refractivity contribution in [2.24, 2.45) is 0 Å². The number of hydrogen-bond donors (Lipinski definition) is 1. The molecule has 0 aromatic carbocycles. The highest BCUT2D eigenvalue weighted by Crippen LogP contribution is 2.05. The number of nitrogens with one attached hydrogen (secondary N) is 1. The summed E-state index contributed by atoms with van der Waals surface area (Å²) in [6.07, 6.45) is 0. The maximum Gasteiger partial charge on any atom is 0.150 e. The standard InChI is InChI=1S/C12H22N4O/c1-11-9-12(17-14-11)10-15(2)7-8-16-5-3-13-4-6-16/h9,13H,3-8,10H2,1-2H3. The van der Waals surface area contributed by atoms with Gasteiger partial charge in [-0.3, -0.25) is 9.80 Å². The summed E-state index contributed by atoms with van der Waals surface area (Å²) in [5, 5.41) is 7.27. The van der Waals surface area contributed by atoms with Crippen LogP contribution >= 0.6 is 0 Å². The average Bonchev–Trinajstić information content (AvgIpc) is 2.73. The van der Waals surface area contributed by atoms with Crippen LogP contribution in [0.2, 0.25) is 0 Å². The largest absolute Gasteiger partial charge is 0.360 e. The van der Waals surface area contributed by atoms with Crippen LogP contribution < -0.4 is 5.32 Å². The van der Waals surface area contributed by atoms with Crippen LogP contribution in [-0.2, 0) is 6.54 Å². The van der Waals surface area contributed by atoms with Gasteiger partial charge in [0.15, 0.2) is 5.76 Å². The number of aryl methyl sites for hydroxylation is 1. The molecule has 96 valence electrons. The molecule has 0 amide bonds. The summed E-state index contributed by atoms with van der Waals surface area (Å²) in [4.78, 5) is 4.78. The van der Waals surface area contributed by atoms with Gasteiger partial charge in [0.25, 0.3) is 0 Å². The number of likely N-dealkylation sites (N-methyl/N-ethyl adjacent to an activating group) is 1. The van der Waals surface area contributed by atoms with Crippen molar-refractivity contribution < 1.29 is 4.52 Å². The maximum atomic E-state index is 5.21. The van der Waals surface area contributed by atoms with Crippen LogP contribution in [0.5, 0.6) is 0 Å². The monoisotopic (exact) mass is 238 g/mol. The lowest BCUT2D eigenvalue weighted by atomic mass is 10.3. The third-order valence-electron chi connectivity index (χ3n) is 3.11. The van der Waals surface area contributed by atoms with Crippen molar-refractivity contribution in [2.45, 2.75) is 13.5 Å². The summed E-state index contributed by atoms with van der Waals surface area (Å²) in [7, 11) is 2.13. The molecule has 2 rings (SSSR count). The van der Waals surface area contributed by atoms with Crippen LogP contribution in [0.1, 0.15) is 11.5 Å². The van der Waals surface area contributed by atoms with Gasteiger partial charge < -0.3 is 9.84 Å². The van der Waals surface area contributed by atoms with E-state index in [1.807, 2.05) is 13.0 Å². The van der Waals surface area contributed by atoms with Crippen molar-refractivity contribution in [1.29, 1.82) is 0 Å². The van der Waals surface area contributed by atoms with E-state index in [0.717, 1.165) is 57.3 Å². The summed E-state index contributed by atoms with van der Waals surface area (Å²) in [6.45, 7) is 9.55. The first kappa shape index (κ1) is 12.5. The Kier molecular flexibility index (Phi) is 4.53. The van der Waals surface area contributed by atoms with Crippen molar-refractivity contribution in [3.63, 3.8) is 0 Å². The molecule has 1 aromatic heterocycles. The highest BCUT2D eigenvalue weighted by molar-refractivity contribution is 5.02. The number of aromatic nitrogens is 1. The Morgan fingerprint density at radius 1 is 1.47 bits per heavy atom. The molecule has 0 saturated carbocycles. The van der Waals surface area contributed by atoms with Crippen LogP contribution in [0, 0.1) is 6.92 Å². The van der Waals surface area contributed by atoms with Crippen molar-refractivity contribution in [1.82, 2.24) is 20.3 Å². The molecule has 0 bridgehead atoms. The third kappa shape index (κ3) is 4.11. The first-order valence-electron chi connectivity index (χ1n) is 6.28. The van der Waals surface area contributed by atoms with Gasteiger partial charge in [0.1, 0.15) is 0 Å². The predicted octanol–water partition coefficient (Wildman–Crippen LogP) is 0.320. The molecule has 17 heavy (non-hydrogen) atoms. The normalized spacial score (nSPS) is 17.8. The molecule has 5 heteroatoms. The summed E-state index contributed by atoms with van der Waals surface area (Å²) < 4.78 is 5.21. The Morgan fingerprint density at radius 2 is 2.24 bits per heavy atom. The Labute approximate surface area is 103 Å². The number of nitrogens with zero attached hydrogens (tertiary/aromatic N) is 3. The molecule has 0 spiro atoms. The zero-order chi connectivity index (χ0) is 12.1. The second-order valence-corrected chi connectivity index (χ2v) is 4.76. The number of hydrogen-bond acceptors (Lipinski definition) is 5. The van der Waals surface area contributed by atoms with Gasteiger partial charge in [0, 0.05) is 45.3 Å². The lowest BCUT2D eigenvalue weighted by Crippen LogP contribution is -2.45. The molecule has 0 aliphatic carbocycles. The Bertz CT molecular complexity index is 333. The fourth-order valence-corrected chi connectivity index (χ4v) is 2.08. The van der Waals surface area contributed by atoms with E-state index in [-0.39, 0.29) is 0 Å². The van der Waals surface area contributed by atoms with Gasteiger partial charge in [-0.1, -0.05) is 5.16 Å². The van der Waals surface area contributed by atoms with E-state index in [9.17, 15) is 0 Å². The van der Waals surface area contributed by atoms with E-state index in [1.54, 1.807) is 0 Å². The van der Waals surface area contributed by atoms with Gasteiger partial charge in [-0.2, -0.15) is 0 Å². The molecule has 0 unspecified atom stereocenters. The summed E-state index contributed by atoms with van der Waals surface area (Å²) in [5.74, 6) is 0.949. The van der Waals surface area contributed by atoms with E-state index in [1.165, 1.54) is 0 Å². The minimum atomic E-state index is 0.840. The topological polar surface area (TPSA) is 44.5 Å². The van der Waals surface area contributed by atoms with E-state index in [2.05, 4.69) is 27.3 Å². The van der Waals surface area contributed by atoms with Crippen LogP contribution in [0.25, 0.3) is 0 Å². The molecule has 0 radical (unpaired) electrons. The summed E-state index contributed by atoms with van der Waals surface area (Å²) in [6, 6.07) is 2.00. The SMILES string of the molecule is Cc1cc(CN(C)CCN2CCNCC2)on1. The molecule has 1 fully saturated rings. The molecule has 2 heterocycles. The zero-order valence-corrected chi connectivity index (χ0v) is 10.8. The minimum Gasteiger partial charge on any atom is -0.360 e. The van der Waals surface area contributed by atoms with Gasteiger partial charge >= 0.3 is 0 Å². The predicted molar refractivity (Wildman–Crippen MR) is 66.9 cm³/mol. The van der Waals surface area contributed by atoms with Crippen LogP contribution in [0.15, 0.2) is 10.6 Å². The van der Waals surface area contributed by atoms with Gasteiger partial charge in [-0.25, -0.2) is 0 Å². The lowest BCUT2D eigenvalue weighted by Gasteiger charge is -2.28. The molecular formula is C12H22N4O. The average molecular weight is 238 g/mol.